The highest BCUT2D eigenvalue weighted by molar-refractivity contribution is 5.95. The number of rotatable bonds is 3. The van der Waals surface area contributed by atoms with Crippen molar-refractivity contribution < 1.29 is 9.21 Å². The molecule has 1 fully saturated rings. The second kappa shape index (κ2) is 6.05. The maximum Gasteiger partial charge on any atom is 0.247 e. The number of hydrogen-bond acceptors (Lipinski definition) is 5. The summed E-state index contributed by atoms with van der Waals surface area (Å²) in [6.07, 6.45) is 3.30. The van der Waals surface area contributed by atoms with Crippen LogP contribution < -0.4 is 10.6 Å². The number of carbonyl (C=O) groups is 1. The summed E-state index contributed by atoms with van der Waals surface area (Å²) in [4.78, 5) is 12.2. The van der Waals surface area contributed by atoms with Crippen LogP contribution in [0.5, 0.6) is 0 Å². The highest BCUT2D eigenvalue weighted by atomic mass is 16.4. The molecule has 2 atom stereocenters. The van der Waals surface area contributed by atoms with Crippen molar-refractivity contribution in [3.8, 4) is 11.5 Å². The van der Waals surface area contributed by atoms with Gasteiger partial charge in [0, 0.05) is 11.3 Å². The zero-order chi connectivity index (χ0) is 14.7. The number of carbonyl (C=O) groups excluding carboxylic acids is 1. The van der Waals surface area contributed by atoms with Crippen molar-refractivity contribution in [3.63, 3.8) is 0 Å². The van der Waals surface area contributed by atoms with Crippen molar-refractivity contribution in [2.45, 2.75) is 25.8 Å². The molecule has 21 heavy (non-hydrogen) atoms. The molecule has 6 heteroatoms. The number of aromatic nitrogens is 2. The molecule has 110 valence electrons. The van der Waals surface area contributed by atoms with Crippen molar-refractivity contribution in [1.29, 1.82) is 0 Å². The lowest BCUT2D eigenvalue weighted by molar-refractivity contribution is -0.119. The fourth-order valence-corrected chi connectivity index (χ4v) is 2.53. The highest BCUT2D eigenvalue weighted by Crippen LogP contribution is 2.20. The Bertz CT molecular complexity index is 595. The van der Waals surface area contributed by atoms with Gasteiger partial charge < -0.3 is 15.1 Å². The minimum absolute atomic E-state index is 0.0205. The van der Waals surface area contributed by atoms with Gasteiger partial charge in [-0.15, -0.1) is 10.2 Å². The molecule has 0 saturated carbocycles. The van der Waals surface area contributed by atoms with E-state index in [-0.39, 0.29) is 11.9 Å². The topological polar surface area (TPSA) is 80.0 Å². The molecule has 3 rings (SSSR count). The van der Waals surface area contributed by atoms with Gasteiger partial charge in [-0.05, 0) is 49.6 Å². The first-order chi connectivity index (χ1) is 10.2. The third kappa shape index (κ3) is 3.28. The molecule has 1 aliphatic heterocycles. The van der Waals surface area contributed by atoms with E-state index in [1.807, 2.05) is 24.3 Å². The smallest absolute Gasteiger partial charge is 0.247 e. The van der Waals surface area contributed by atoms with Crippen LogP contribution in [-0.2, 0) is 4.79 Å². The average molecular weight is 286 g/mol. The lowest BCUT2D eigenvalue weighted by atomic mass is 9.94. The summed E-state index contributed by atoms with van der Waals surface area (Å²) in [5.74, 6) is 1.07. The van der Waals surface area contributed by atoms with Crippen LogP contribution in [0.15, 0.2) is 35.1 Å². The number of amides is 1. The predicted molar refractivity (Wildman–Crippen MR) is 78.6 cm³/mol. The van der Waals surface area contributed by atoms with E-state index < -0.39 is 0 Å². The van der Waals surface area contributed by atoms with E-state index in [1.54, 1.807) is 0 Å². The van der Waals surface area contributed by atoms with Gasteiger partial charge in [0.2, 0.25) is 18.2 Å². The molecule has 1 aromatic carbocycles. The Hall–Kier alpha value is -2.21. The number of hydrogen-bond donors (Lipinski definition) is 2. The van der Waals surface area contributed by atoms with Gasteiger partial charge in [-0.3, -0.25) is 4.79 Å². The molecule has 2 heterocycles. The van der Waals surface area contributed by atoms with Crippen molar-refractivity contribution in [2.24, 2.45) is 5.92 Å². The summed E-state index contributed by atoms with van der Waals surface area (Å²) in [7, 11) is 0. The minimum Gasteiger partial charge on any atom is -0.423 e. The maximum absolute atomic E-state index is 12.2. The first-order valence-electron chi connectivity index (χ1n) is 7.13. The van der Waals surface area contributed by atoms with Crippen LogP contribution in [-0.4, -0.2) is 28.7 Å². The summed E-state index contributed by atoms with van der Waals surface area (Å²) in [5, 5.41) is 13.7. The highest BCUT2D eigenvalue weighted by Gasteiger charge is 2.24. The first-order valence-corrected chi connectivity index (χ1v) is 7.13. The van der Waals surface area contributed by atoms with Gasteiger partial charge in [0.25, 0.3) is 0 Å². The van der Waals surface area contributed by atoms with Gasteiger partial charge in [0.05, 0.1) is 6.04 Å². The van der Waals surface area contributed by atoms with Crippen LogP contribution in [0.25, 0.3) is 11.5 Å². The number of nitrogens with zero attached hydrogens (tertiary/aromatic N) is 2. The molecule has 2 aromatic rings. The summed E-state index contributed by atoms with van der Waals surface area (Å²) in [6, 6.07) is 7.26. The van der Waals surface area contributed by atoms with Gasteiger partial charge in [0.1, 0.15) is 0 Å². The average Bonchev–Trinajstić information content (AvgIpc) is 3.02. The number of piperidine rings is 1. The summed E-state index contributed by atoms with van der Waals surface area (Å²) in [5.41, 5.74) is 1.60. The molecule has 2 N–H and O–H groups in total. The summed E-state index contributed by atoms with van der Waals surface area (Å²) >= 11 is 0. The molecular weight excluding hydrogens is 268 g/mol. The Morgan fingerprint density at radius 3 is 2.86 bits per heavy atom. The first kappa shape index (κ1) is 13.8. The summed E-state index contributed by atoms with van der Waals surface area (Å²) < 4.78 is 5.13. The van der Waals surface area contributed by atoms with Crippen molar-refractivity contribution in [3.05, 3.63) is 30.7 Å². The molecule has 2 unspecified atom stereocenters. The Kier molecular flexibility index (Phi) is 3.96. The van der Waals surface area contributed by atoms with Crippen molar-refractivity contribution in [1.82, 2.24) is 15.5 Å². The van der Waals surface area contributed by atoms with E-state index in [1.165, 1.54) is 6.39 Å². The normalized spacial score (nSPS) is 22.0. The van der Waals surface area contributed by atoms with Crippen LogP contribution in [0.1, 0.15) is 19.8 Å². The second-order valence-electron chi connectivity index (χ2n) is 5.45. The van der Waals surface area contributed by atoms with Gasteiger partial charge >= 0.3 is 0 Å². The van der Waals surface area contributed by atoms with Crippen LogP contribution in [0.3, 0.4) is 0 Å². The largest absolute Gasteiger partial charge is 0.423 e. The van der Waals surface area contributed by atoms with Crippen LogP contribution in [0.4, 0.5) is 5.69 Å². The van der Waals surface area contributed by atoms with Gasteiger partial charge in [0.15, 0.2) is 0 Å². The molecule has 0 aliphatic carbocycles. The molecule has 1 aromatic heterocycles. The molecule has 1 saturated heterocycles. The zero-order valence-corrected chi connectivity index (χ0v) is 11.9. The standard InChI is InChI=1S/C15H18N4O2/c1-10-6-7-16-13(8-10)14(20)18-12-4-2-11(3-5-12)15-19-17-9-21-15/h2-5,9-10,13,16H,6-8H2,1H3,(H,18,20). The number of nitrogens with one attached hydrogen (secondary N) is 2. The molecular formula is C15H18N4O2. The lowest BCUT2D eigenvalue weighted by Gasteiger charge is -2.27. The fraction of sp³-hybridized carbons (Fsp3) is 0.400. The van der Waals surface area contributed by atoms with E-state index in [9.17, 15) is 4.79 Å². The molecule has 1 amide bonds. The SMILES string of the molecule is CC1CCNC(C(=O)Nc2ccc(-c3nnco3)cc2)C1. The molecule has 6 nitrogen and oxygen atoms in total. The number of benzene rings is 1. The number of anilines is 1. The van der Waals surface area contributed by atoms with Gasteiger partial charge in [-0.1, -0.05) is 6.92 Å². The van der Waals surface area contributed by atoms with Crippen molar-refractivity contribution >= 4 is 11.6 Å². The third-order valence-electron chi connectivity index (χ3n) is 3.74. The lowest BCUT2D eigenvalue weighted by Crippen LogP contribution is -2.45. The van der Waals surface area contributed by atoms with E-state index in [0.29, 0.717) is 11.8 Å². The van der Waals surface area contributed by atoms with E-state index in [4.69, 9.17) is 4.42 Å². The summed E-state index contributed by atoms with van der Waals surface area (Å²) in [6.45, 7) is 3.08. The van der Waals surface area contributed by atoms with Crippen molar-refractivity contribution in [2.75, 3.05) is 11.9 Å². The van der Waals surface area contributed by atoms with Crippen LogP contribution in [0, 0.1) is 5.92 Å². The van der Waals surface area contributed by atoms with Gasteiger partial charge in [-0.2, -0.15) is 0 Å². The third-order valence-corrected chi connectivity index (χ3v) is 3.74. The van der Waals surface area contributed by atoms with Gasteiger partial charge in [-0.25, -0.2) is 0 Å². The molecule has 1 aliphatic rings. The Balaban J connectivity index is 1.63. The van der Waals surface area contributed by atoms with E-state index >= 15 is 0 Å². The zero-order valence-electron chi connectivity index (χ0n) is 11.9. The van der Waals surface area contributed by atoms with Crippen LogP contribution in [0.2, 0.25) is 0 Å². The monoisotopic (exact) mass is 286 g/mol. The Labute approximate surface area is 123 Å². The van der Waals surface area contributed by atoms with E-state index in [0.717, 1.165) is 30.6 Å². The van der Waals surface area contributed by atoms with E-state index in [2.05, 4.69) is 27.8 Å². The Morgan fingerprint density at radius 2 is 2.19 bits per heavy atom. The maximum atomic E-state index is 12.2. The van der Waals surface area contributed by atoms with Crippen LogP contribution >= 0.6 is 0 Å². The fourth-order valence-electron chi connectivity index (χ4n) is 2.53. The molecule has 0 spiro atoms. The molecule has 0 radical (unpaired) electrons. The quantitative estimate of drug-likeness (QED) is 0.902. The predicted octanol–water partition coefficient (Wildman–Crippen LogP) is 2.06. The Morgan fingerprint density at radius 1 is 1.38 bits per heavy atom. The molecule has 0 bridgehead atoms. The minimum atomic E-state index is -0.107. The second-order valence-corrected chi connectivity index (χ2v) is 5.45.